The average molecular weight is 386 g/mol. The second-order valence-corrected chi connectivity index (χ2v) is 7.82. The molecule has 7 nitrogen and oxygen atoms in total. The zero-order valence-electron chi connectivity index (χ0n) is 15.2. The minimum absolute atomic E-state index is 0.00146. The van der Waals surface area contributed by atoms with Gasteiger partial charge < -0.3 is 19.5 Å². The monoisotopic (exact) mass is 386 g/mol. The van der Waals surface area contributed by atoms with E-state index >= 15 is 0 Å². The van der Waals surface area contributed by atoms with Gasteiger partial charge in [0, 0.05) is 43.6 Å². The van der Waals surface area contributed by atoms with Crippen LogP contribution in [0.3, 0.4) is 0 Å². The maximum absolute atomic E-state index is 12.5. The zero-order valence-corrected chi connectivity index (χ0v) is 16.0. The number of thioether (sulfide) groups is 1. The number of carbonyl (C=O) groups excluding carboxylic acids is 2. The summed E-state index contributed by atoms with van der Waals surface area (Å²) in [5.74, 6) is 1.39. The second kappa shape index (κ2) is 7.64. The van der Waals surface area contributed by atoms with Crippen LogP contribution in [-0.2, 0) is 29.2 Å². The Morgan fingerprint density at radius 2 is 2.26 bits per heavy atom. The van der Waals surface area contributed by atoms with Crippen molar-refractivity contribution < 1.29 is 14.3 Å². The molecule has 0 spiro atoms. The van der Waals surface area contributed by atoms with Gasteiger partial charge in [-0.05, 0) is 6.07 Å². The molecule has 3 heterocycles. The molecule has 1 aromatic heterocycles. The van der Waals surface area contributed by atoms with Crippen LogP contribution in [0.15, 0.2) is 35.6 Å². The Balaban J connectivity index is 1.33. The summed E-state index contributed by atoms with van der Waals surface area (Å²) in [4.78, 5) is 31.1. The summed E-state index contributed by atoms with van der Waals surface area (Å²) < 4.78 is 7.46. The third kappa shape index (κ3) is 3.80. The number of amides is 2. The van der Waals surface area contributed by atoms with Gasteiger partial charge >= 0.3 is 0 Å². The van der Waals surface area contributed by atoms with Crippen LogP contribution in [-0.4, -0.2) is 45.7 Å². The molecule has 0 radical (unpaired) electrons. The van der Waals surface area contributed by atoms with Crippen molar-refractivity contribution >= 4 is 23.6 Å². The van der Waals surface area contributed by atoms with Crippen LogP contribution in [0.5, 0.6) is 5.75 Å². The van der Waals surface area contributed by atoms with E-state index in [0.717, 1.165) is 34.5 Å². The van der Waals surface area contributed by atoms with Crippen molar-refractivity contribution in [2.45, 2.75) is 31.2 Å². The zero-order chi connectivity index (χ0) is 18.8. The third-order valence-electron chi connectivity index (χ3n) is 4.94. The SMILES string of the molecule is COc1ccccc1CN1CC(C(=O)NCc2cn3c(n2)SCC3)CC1=O. The molecular weight excluding hydrogens is 364 g/mol. The van der Waals surface area contributed by atoms with Crippen molar-refractivity contribution in [3.63, 3.8) is 0 Å². The lowest BCUT2D eigenvalue weighted by Crippen LogP contribution is -2.32. The molecule has 1 aromatic carbocycles. The maximum Gasteiger partial charge on any atom is 0.225 e. The number of para-hydroxylation sites is 1. The van der Waals surface area contributed by atoms with Crippen molar-refractivity contribution in [3.05, 3.63) is 41.7 Å². The first-order valence-corrected chi connectivity index (χ1v) is 9.99. The molecule has 0 aliphatic carbocycles. The highest BCUT2D eigenvalue weighted by Gasteiger charge is 2.34. The number of carbonyl (C=O) groups is 2. The minimum Gasteiger partial charge on any atom is -0.496 e. The van der Waals surface area contributed by atoms with E-state index in [1.807, 2.05) is 30.5 Å². The van der Waals surface area contributed by atoms with Gasteiger partial charge in [0.25, 0.3) is 0 Å². The molecule has 4 rings (SSSR count). The quantitative estimate of drug-likeness (QED) is 0.817. The lowest BCUT2D eigenvalue weighted by Gasteiger charge is -2.18. The highest BCUT2D eigenvalue weighted by molar-refractivity contribution is 7.99. The summed E-state index contributed by atoms with van der Waals surface area (Å²) >= 11 is 1.73. The maximum atomic E-state index is 12.5. The van der Waals surface area contributed by atoms with E-state index in [0.29, 0.717) is 19.6 Å². The fourth-order valence-corrected chi connectivity index (χ4v) is 4.47. The number of benzene rings is 1. The Bertz CT molecular complexity index is 845. The molecule has 1 N–H and O–H groups in total. The molecule has 1 atom stereocenters. The lowest BCUT2D eigenvalue weighted by atomic mass is 10.1. The topological polar surface area (TPSA) is 76.5 Å². The Morgan fingerprint density at radius 3 is 3.07 bits per heavy atom. The number of fused-ring (bicyclic) bond motifs is 1. The number of imidazole rings is 1. The number of nitrogens with zero attached hydrogens (tertiary/aromatic N) is 3. The van der Waals surface area contributed by atoms with E-state index in [-0.39, 0.29) is 24.2 Å². The molecule has 142 valence electrons. The molecule has 27 heavy (non-hydrogen) atoms. The number of hydrogen-bond acceptors (Lipinski definition) is 5. The minimum atomic E-state index is -0.323. The van der Waals surface area contributed by atoms with E-state index in [1.165, 1.54) is 0 Å². The van der Waals surface area contributed by atoms with Gasteiger partial charge in [0.05, 0.1) is 25.3 Å². The molecule has 1 fully saturated rings. The van der Waals surface area contributed by atoms with Crippen LogP contribution in [0.25, 0.3) is 0 Å². The molecule has 0 bridgehead atoms. The first-order chi connectivity index (χ1) is 13.1. The summed E-state index contributed by atoms with van der Waals surface area (Å²) in [6.45, 7) is 2.25. The van der Waals surface area contributed by atoms with Crippen molar-refractivity contribution in [1.29, 1.82) is 0 Å². The molecule has 2 amide bonds. The Kier molecular flexibility index (Phi) is 5.07. The van der Waals surface area contributed by atoms with Gasteiger partial charge in [-0.25, -0.2) is 4.98 Å². The van der Waals surface area contributed by atoms with Gasteiger partial charge in [-0.1, -0.05) is 30.0 Å². The van der Waals surface area contributed by atoms with Gasteiger partial charge in [0.1, 0.15) is 5.75 Å². The largest absolute Gasteiger partial charge is 0.496 e. The summed E-state index contributed by atoms with van der Waals surface area (Å²) in [6, 6.07) is 7.63. The molecular formula is C19H22N4O3S. The summed E-state index contributed by atoms with van der Waals surface area (Å²) in [5.41, 5.74) is 1.81. The van der Waals surface area contributed by atoms with Crippen molar-refractivity contribution in [1.82, 2.24) is 19.8 Å². The lowest BCUT2D eigenvalue weighted by molar-refractivity contribution is -0.129. The van der Waals surface area contributed by atoms with Gasteiger partial charge in [0.2, 0.25) is 11.8 Å². The van der Waals surface area contributed by atoms with Crippen LogP contribution in [0.2, 0.25) is 0 Å². The van der Waals surface area contributed by atoms with E-state index < -0.39 is 0 Å². The highest BCUT2D eigenvalue weighted by Crippen LogP contribution is 2.26. The van der Waals surface area contributed by atoms with Gasteiger partial charge in [-0.2, -0.15) is 0 Å². The van der Waals surface area contributed by atoms with E-state index in [1.54, 1.807) is 23.8 Å². The first kappa shape index (κ1) is 17.9. The number of ether oxygens (including phenoxy) is 1. The predicted octanol–water partition coefficient (Wildman–Crippen LogP) is 1.66. The van der Waals surface area contributed by atoms with Crippen LogP contribution in [0.1, 0.15) is 17.7 Å². The van der Waals surface area contributed by atoms with Crippen molar-refractivity contribution in [2.24, 2.45) is 5.92 Å². The normalized spacial score (nSPS) is 18.6. The van der Waals surface area contributed by atoms with Crippen LogP contribution < -0.4 is 10.1 Å². The summed E-state index contributed by atoms with van der Waals surface area (Å²) in [7, 11) is 1.62. The van der Waals surface area contributed by atoms with Crippen LogP contribution in [0.4, 0.5) is 0 Å². The third-order valence-corrected chi connectivity index (χ3v) is 5.91. The fraction of sp³-hybridized carbons (Fsp3) is 0.421. The number of hydrogen-bond donors (Lipinski definition) is 1. The Labute approximate surface area is 162 Å². The van der Waals surface area contributed by atoms with Gasteiger partial charge in [0.15, 0.2) is 5.16 Å². The number of aromatic nitrogens is 2. The molecule has 2 aliphatic heterocycles. The number of likely N-dealkylation sites (tertiary alicyclic amines) is 1. The second-order valence-electron chi connectivity index (χ2n) is 6.76. The molecule has 2 aromatic rings. The number of rotatable bonds is 6. The molecule has 0 saturated carbocycles. The summed E-state index contributed by atoms with van der Waals surface area (Å²) in [6.07, 6.45) is 2.24. The average Bonchev–Trinajstić information content (AvgIpc) is 3.35. The number of nitrogens with one attached hydrogen (secondary N) is 1. The number of aryl methyl sites for hydroxylation is 1. The summed E-state index contributed by atoms with van der Waals surface area (Å²) in [5, 5.41) is 3.94. The Hall–Kier alpha value is -2.48. The number of methoxy groups -OCH3 is 1. The van der Waals surface area contributed by atoms with Gasteiger partial charge in [-0.3, -0.25) is 9.59 Å². The molecule has 8 heteroatoms. The smallest absolute Gasteiger partial charge is 0.225 e. The molecule has 2 aliphatic rings. The van der Waals surface area contributed by atoms with Crippen LogP contribution in [0, 0.1) is 5.92 Å². The van der Waals surface area contributed by atoms with Crippen LogP contribution >= 0.6 is 11.8 Å². The fourth-order valence-electron chi connectivity index (χ4n) is 3.51. The molecule has 1 unspecified atom stereocenters. The van der Waals surface area contributed by atoms with Crippen molar-refractivity contribution in [3.8, 4) is 5.75 Å². The Morgan fingerprint density at radius 1 is 1.41 bits per heavy atom. The van der Waals surface area contributed by atoms with Crippen molar-refractivity contribution in [2.75, 3.05) is 19.4 Å². The van der Waals surface area contributed by atoms with E-state index in [9.17, 15) is 9.59 Å². The standard InChI is InChI=1S/C19H22N4O3S/c1-26-16-5-3-2-4-13(16)10-23-11-14(8-17(23)24)18(25)20-9-15-12-22-6-7-27-19(22)21-15/h2-5,12,14H,6-11H2,1H3,(H,20,25). The highest BCUT2D eigenvalue weighted by atomic mass is 32.2. The van der Waals surface area contributed by atoms with E-state index in [4.69, 9.17) is 4.74 Å². The molecule has 1 saturated heterocycles. The predicted molar refractivity (Wildman–Crippen MR) is 101 cm³/mol. The van der Waals surface area contributed by atoms with E-state index in [2.05, 4.69) is 14.9 Å². The first-order valence-electron chi connectivity index (χ1n) is 9.00. The van der Waals surface area contributed by atoms with Gasteiger partial charge in [-0.15, -0.1) is 0 Å².